The molecule has 0 heterocycles. The number of hydrogen-bond acceptors (Lipinski definition) is 3. The Balaban J connectivity index is 1.64. The largest absolute Gasteiger partial charge is 0.472 e. The molecule has 0 amide bonds. The Morgan fingerprint density at radius 2 is 1.05 bits per heavy atom. The van der Waals surface area contributed by atoms with E-state index in [2.05, 4.69) is 0 Å². The summed E-state index contributed by atoms with van der Waals surface area (Å²) in [5, 5.41) is 0. The van der Waals surface area contributed by atoms with Gasteiger partial charge in [-0.3, -0.25) is 0 Å². The molecule has 0 saturated carbocycles. The second-order valence-corrected chi connectivity index (χ2v) is 5.19. The topological polar surface area (TPSA) is 27.7 Å². The fraction of sp³-hybridized carbons (Fsp3) is 0.250. The van der Waals surface area contributed by atoms with Crippen molar-refractivity contribution >= 4 is 23.2 Å². The van der Waals surface area contributed by atoms with Crippen LogP contribution in [0.5, 0.6) is 11.5 Å². The van der Waals surface area contributed by atoms with Crippen LogP contribution in [0, 0.1) is 0 Å². The number of ether oxygens (including phenoxy) is 3. The van der Waals surface area contributed by atoms with Crippen molar-refractivity contribution in [1.82, 2.24) is 0 Å². The zero-order chi connectivity index (χ0) is 14.9. The fourth-order valence-corrected chi connectivity index (χ4v) is 2.00. The predicted molar refractivity (Wildman–Crippen MR) is 84.2 cm³/mol. The Kier molecular flexibility index (Phi) is 6.67. The smallest absolute Gasteiger partial charge is 0.195 e. The molecule has 21 heavy (non-hydrogen) atoms. The van der Waals surface area contributed by atoms with Crippen molar-refractivity contribution in [2.45, 2.75) is 11.1 Å². The molecule has 2 atom stereocenters. The Bertz CT molecular complexity index is 460. The van der Waals surface area contributed by atoms with Crippen molar-refractivity contribution in [2.75, 3.05) is 13.2 Å². The van der Waals surface area contributed by atoms with E-state index in [0.717, 1.165) is 0 Å². The first-order valence-electron chi connectivity index (χ1n) is 6.53. The molecule has 2 rings (SSSR count). The van der Waals surface area contributed by atoms with E-state index in [9.17, 15) is 0 Å². The third-order valence-electron chi connectivity index (χ3n) is 2.51. The first-order valence-corrected chi connectivity index (χ1v) is 7.40. The lowest BCUT2D eigenvalue weighted by molar-refractivity contribution is 0.0526. The summed E-state index contributed by atoms with van der Waals surface area (Å²) < 4.78 is 16.3. The van der Waals surface area contributed by atoms with Gasteiger partial charge in [0.15, 0.2) is 11.1 Å². The minimum Gasteiger partial charge on any atom is -0.472 e. The van der Waals surface area contributed by atoms with Crippen molar-refractivity contribution < 1.29 is 14.2 Å². The van der Waals surface area contributed by atoms with Crippen molar-refractivity contribution in [1.29, 1.82) is 0 Å². The zero-order valence-corrected chi connectivity index (χ0v) is 12.8. The molecule has 5 heteroatoms. The maximum atomic E-state index is 6.03. The summed E-state index contributed by atoms with van der Waals surface area (Å²) in [4.78, 5) is 0. The van der Waals surface area contributed by atoms with Crippen LogP contribution in [0.25, 0.3) is 0 Å². The summed E-state index contributed by atoms with van der Waals surface area (Å²) in [6.45, 7) is 0.440. The minimum atomic E-state index is -0.576. The van der Waals surface area contributed by atoms with Crippen LogP contribution in [0.3, 0.4) is 0 Å². The summed E-state index contributed by atoms with van der Waals surface area (Å²) in [5.74, 6) is 1.40. The molecule has 0 N–H and O–H groups in total. The highest BCUT2D eigenvalue weighted by Crippen LogP contribution is 2.15. The van der Waals surface area contributed by atoms with Gasteiger partial charge in [0.1, 0.15) is 11.5 Å². The van der Waals surface area contributed by atoms with E-state index >= 15 is 0 Å². The molecular weight excluding hydrogens is 311 g/mol. The van der Waals surface area contributed by atoms with E-state index in [1.165, 1.54) is 0 Å². The predicted octanol–water partition coefficient (Wildman–Crippen LogP) is 4.29. The van der Waals surface area contributed by atoms with Crippen molar-refractivity contribution in [2.24, 2.45) is 0 Å². The Morgan fingerprint density at radius 1 is 0.667 bits per heavy atom. The van der Waals surface area contributed by atoms with Gasteiger partial charge in [0.05, 0.1) is 13.2 Å². The first kappa shape index (κ1) is 16.0. The van der Waals surface area contributed by atoms with Gasteiger partial charge in [-0.2, -0.15) is 0 Å². The van der Waals surface area contributed by atoms with Gasteiger partial charge in [0, 0.05) is 0 Å². The van der Waals surface area contributed by atoms with Crippen molar-refractivity contribution in [3.63, 3.8) is 0 Å². The average Bonchev–Trinajstić information content (AvgIpc) is 2.49. The molecule has 112 valence electrons. The van der Waals surface area contributed by atoms with Crippen LogP contribution in [0.1, 0.15) is 0 Å². The molecule has 0 unspecified atom stereocenters. The summed E-state index contributed by atoms with van der Waals surface area (Å²) >= 11 is 12.1. The second-order valence-electron chi connectivity index (χ2n) is 4.22. The lowest BCUT2D eigenvalue weighted by atomic mass is 10.3. The van der Waals surface area contributed by atoms with E-state index in [1.807, 2.05) is 60.7 Å². The maximum Gasteiger partial charge on any atom is 0.195 e. The molecule has 0 aliphatic heterocycles. The molecule has 0 radical (unpaired) electrons. The number of rotatable bonds is 8. The summed E-state index contributed by atoms with van der Waals surface area (Å²) in [6, 6.07) is 18.7. The second kappa shape index (κ2) is 8.78. The van der Waals surface area contributed by atoms with Crippen LogP contribution >= 0.6 is 23.2 Å². The number of alkyl halides is 2. The Morgan fingerprint density at radius 3 is 1.43 bits per heavy atom. The van der Waals surface area contributed by atoms with Crippen LogP contribution in [0.2, 0.25) is 0 Å². The maximum absolute atomic E-state index is 6.03. The number of para-hydroxylation sites is 2. The van der Waals surface area contributed by atoms with Crippen LogP contribution in [-0.4, -0.2) is 24.3 Å². The minimum absolute atomic E-state index is 0.220. The molecule has 0 aliphatic carbocycles. The molecule has 0 saturated heterocycles. The summed E-state index contributed by atoms with van der Waals surface area (Å²) in [6.07, 6.45) is 0. The van der Waals surface area contributed by atoms with Crippen LogP contribution in [-0.2, 0) is 4.74 Å². The van der Waals surface area contributed by atoms with Crippen LogP contribution < -0.4 is 9.47 Å². The van der Waals surface area contributed by atoms with E-state index in [1.54, 1.807) is 0 Å². The number of hydrogen-bond donors (Lipinski definition) is 0. The average molecular weight is 327 g/mol. The van der Waals surface area contributed by atoms with E-state index in [4.69, 9.17) is 37.4 Å². The molecule has 0 bridgehead atoms. The normalized spacial score (nSPS) is 13.4. The molecule has 3 nitrogen and oxygen atoms in total. The van der Waals surface area contributed by atoms with E-state index < -0.39 is 11.1 Å². The lowest BCUT2D eigenvalue weighted by Gasteiger charge is -2.16. The van der Waals surface area contributed by atoms with Gasteiger partial charge in [-0.1, -0.05) is 59.6 Å². The van der Waals surface area contributed by atoms with Gasteiger partial charge in [0.25, 0.3) is 0 Å². The lowest BCUT2D eigenvalue weighted by Crippen LogP contribution is -2.22. The zero-order valence-electron chi connectivity index (χ0n) is 11.3. The Hall–Kier alpha value is -1.42. The van der Waals surface area contributed by atoms with Crippen molar-refractivity contribution in [3.05, 3.63) is 60.7 Å². The summed E-state index contributed by atoms with van der Waals surface area (Å²) in [5.41, 5.74) is -1.15. The number of halogens is 2. The van der Waals surface area contributed by atoms with E-state index in [0.29, 0.717) is 11.5 Å². The van der Waals surface area contributed by atoms with Gasteiger partial charge >= 0.3 is 0 Å². The standard InChI is InChI=1S/C16H16Cl2O3/c17-15(20-13-7-3-1-4-8-13)11-19-12-16(18)21-14-9-5-2-6-10-14/h1-10,15-16H,11-12H2/t15-,16-/m0/s1. The molecule has 0 aliphatic rings. The van der Waals surface area contributed by atoms with Crippen molar-refractivity contribution in [3.8, 4) is 11.5 Å². The van der Waals surface area contributed by atoms with Gasteiger partial charge in [-0.25, -0.2) is 0 Å². The first-order chi connectivity index (χ1) is 10.2. The molecule has 2 aromatic rings. The van der Waals surface area contributed by atoms with Crippen LogP contribution in [0.15, 0.2) is 60.7 Å². The molecular formula is C16H16Cl2O3. The highest BCUT2D eigenvalue weighted by molar-refractivity contribution is 6.20. The van der Waals surface area contributed by atoms with Gasteiger partial charge in [0.2, 0.25) is 0 Å². The highest BCUT2D eigenvalue weighted by Gasteiger charge is 2.10. The van der Waals surface area contributed by atoms with Crippen LogP contribution in [0.4, 0.5) is 0 Å². The molecule has 0 fully saturated rings. The monoisotopic (exact) mass is 326 g/mol. The SMILES string of the molecule is Cl[C@H](COC[C@@H](Cl)Oc1ccccc1)Oc1ccccc1. The molecule has 2 aromatic carbocycles. The van der Waals surface area contributed by atoms with Gasteiger partial charge in [-0.05, 0) is 24.3 Å². The molecule has 0 aromatic heterocycles. The highest BCUT2D eigenvalue weighted by atomic mass is 35.5. The molecule has 0 spiro atoms. The Labute approximate surface area is 134 Å². The van der Waals surface area contributed by atoms with Gasteiger partial charge < -0.3 is 14.2 Å². The van der Waals surface area contributed by atoms with E-state index in [-0.39, 0.29) is 13.2 Å². The third-order valence-corrected chi connectivity index (χ3v) is 2.94. The fourth-order valence-electron chi connectivity index (χ4n) is 1.61. The quantitative estimate of drug-likeness (QED) is 0.677. The third kappa shape index (κ3) is 6.25. The number of benzene rings is 2. The van der Waals surface area contributed by atoms with Gasteiger partial charge in [-0.15, -0.1) is 0 Å². The summed E-state index contributed by atoms with van der Waals surface area (Å²) in [7, 11) is 0.